The number of aliphatic imine (C=N–C) groups is 1. The highest BCUT2D eigenvalue weighted by molar-refractivity contribution is 5.86. The van der Waals surface area contributed by atoms with Gasteiger partial charge in [-0.25, -0.2) is 0 Å². The molecule has 1 atom stereocenters. The van der Waals surface area contributed by atoms with Gasteiger partial charge in [0.2, 0.25) is 5.91 Å². The van der Waals surface area contributed by atoms with Gasteiger partial charge in [0.15, 0.2) is 5.96 Å². The molecule has 0 saturated heterocycles. The van der Waals surface area contributed by atoms with Gasteiger partial charge in [-0.05, 0) is 25.7 Å². The van der Waals surface area contributed by atoms with Crippen LogP contribution in [0.3, 0.4) is 0 Å². The average molecular weight is 663 g/mol. The third kappa shape index (κ3) is 35.5. The van der Waals surface area contributed by atoms with Crippen molar-refractivity contribution in [1.29, 1.82) is 0 Å². The third-order valence-electron chi connectivity index (χ3n) is 9.74. The quantitative estimate of drug-likeness (QED) is 0.0347. The number of guanidine groups is 1. The van der Waals surface area contributed by atoms with Gasteiger partial charge in [-0.1, -0.05) is 187 Å². The van der Waals surface area contributed by atoms with E-state index in [0.717, 1.165) is 25.7 Å². The van der Waals surface area contributed by atoms with E-state index in [1.807, 2.05) is 0 Å². The van der Waals surface area contributed by atoms with E-state index in [-0.39, 0.29) is 23.6 Å². The molecule has 278 valence electrons. The summed E-state index contributed by atoms with van der Waals surface area (Å²) in [5.74, 6) is 0.0394. The predicted octanol–water partition coefficient (Wildman–Crippen LogP) is 11.5. The van der Waals surface area contributed by atoms with Gasteiger partial charge in [0, 0.05) is 31.8 Å². The molecule has 0 aliphatic heterocycles. The summed E-state index contributed by atoms with van der Waals surface area (Å²) in [4.78, 5) is 29.8. The first-order valence-electron chi connectivity index (χ1n) is 20.9. The van der Waals surface area contributed by atoms with Crippen LogP contribution >= 0.6 is 0 Å². The molecule has 0 spiro atoms. The van der Waals surface area contributed by atoms with Crippen LogP contribution in [0.2, 0.25) is 0 Å². The van der Waals surface area contributed by atoms with E-state index in [1.165, 1.54) is 161 Å². The zero-order valence-corrected chi connectivity index (χ0v) is 31.7. The summed E-state index contributed by atoms with van der Waals surface area (Å²) in [5.41, 5.74) is 10.9. The predicted molar refractivity (Wildman–Crippen MR) is 206 cm³/mol. The summed E-state index contributed by atoms with van der Waals surface area (Å²) in [5, 5.41) is 3.12. The number of Topliss-reactive ketones (excluding diaryl/α,β-unsaturated/α-hetero) is 1. The zero-order chi connectivity index (χ0) is 34.5. The van der Waals surface area contributed by atoms with E-state index in [4.69, 9.17) is 11.5 Å². The molecule has 0 rings (SSSR count). The topological polar surface area (TPSA) is 111 Å². The molecule has 0 aromatic carbocycles. The molecule has 6 nitrogen and oxygen atoms in total. The lowest BCUT2D eigenvalue weighted by Gasteiger charge is -2.16. The van der Waals surface area contributed by atoms with Crippen LogP contribution in [0.1, 0.15) is 226 Å². The Bertz CT molecular complexity index is 708. The highest BCUT2D eigenvalue weighted by atomic mass is 16.2. The van der Waals surface area contributed by atoms with Gasteiger partial charge in [-0.2, -0.15) is 0 Å². The van der Waals surface area contributed by atoms with Crippen molar-refractivity contribution in [2.45, 2.75) is 226 Å². The lowest BCUT2D eigenvalue weighted by atomic mass is 9.93. The van der Waals surface area contributed by atoms with Crippen LogP contribution < -0.4 is 16.8 Å². The number of amides is 1. The summed E-state index contributed by atoms with van der Waals surface area (Å²) in [6.45, 7) is 5.75. The van der Waals surface area contributed by atoms with Gasteiger partial charge in [-0.15, -0.1) is 0 Å². The molecular formula is C41H82N4O2. The lowest BCUT2D eigenvalue weighted by Crippen LogP contribution is -2.33. The van der Waals surface area contributed by atoms with Gasteiger partial charge in [0.25, 0.3) is 0 Å². The minimum atomic E-state index is -0.278. The molecule has 0 heterocycles. The minimum Gasteiger partial charge on any atom is -0.370 e. The number of nitrogens with zero attached hydrogens (tertiary/aromatic N) is 1. The summed E-state index contributed by atoms with van der Waals surface area (Å²) >= 11 is 0. The fraction of sp³-hybridized carbons (Fsp3) is 0.927. The minimum absolute atomic E-state index is 0.0205. The monoisotopic (exact) mass is 663 g/mol. The Morgan fingerprint density at radius 1 is 0.511 bits per heavy atom. The van der Waals surface area contributed by atoms with Crippen molar-refractivity contribution in [3.05, 3.63) is 0 Å². The number of unbranched alkanes of at least 4 members (excludes halogenated alkanes) is 27. The van der Waals surface area contributed by atoms with Crippen molar-refractivity contribution in [3.63, 3.8) is 0 Å². The number of rotatable bonds is 38. The number of carbonyl (C=O) groups excluding carboxylic acids is 2. The Morgan fingerprint density at radius 2 is 0.872 bits per heavy atom. The number of carbonyl (C=O) groups is 2. The molecule has 6 heteroatoms. The van der Waals surface area contributed by atoms with Gasteiger partial charge in [0.1, 0.15) is 5.78 Å². The molecule has 5 N–H and O–H groups in total. The zero-order valence-electron chi connectivity index (χ0n) is 31.7. The molecule has 0 aromatic heterocycles. The fourth-order valence-corrected chi connectivity index (χ4v) is 6.62. The standard InChI is InChI=1S/C41H82N4O2/c1-3-5-7-9-11-13-15-16-17-18-19-20-21-22-23-24-26-28-30-34-39(46)37-38(33-32-36-45-41(42)43)40(47)44-35-31-29-27-25-14-12-10-8-6-4-2/h38H,3-37H2,1-2H3,(H,44,47)(H4,42,43,45)/t38-/m1/s1. The molecule has 47 heavy (non-hydrogen) atoms. The van der Waals surface area contributed by atoms with Gasteiger partial charge >= 0.3 is 0 Å². The number of ketones is 1. The highest BCUT2D eigenvalue weighted by Gasteiger charge is 2.21. The molecule has 0 unspecified atom stereocenters. The van der Waals surface area contributed by atoms with Crippen molar-refractivity contribution in [1.82, 2.24) is 5.32 Å². The second-order valence-electron chi connectivity index (χ2n) is 14.5. The Balaban J connectivity index is 3.90. The van der Waals surface area contributed by atoms with Gasteiger partial charge < -0.3 is 16.8 Å². The van der Waals surface area contributed by atoms with E-state index in [0.29, 0.717) is 38.8 Å². The smallest absolute Gasteiger partial charge is 0.223 e. The summed E-state index contributed by atoms with van der Waals surface area (Å²) < 4.78 is 0. The van der Waals surface area contributed by atoms with Crippen LogP contribution in [-0.2, 0) is 9.59 Å². The summed E-state index contributed by atoms with van der Waals surface area (Å²) in [6.07, 6.45) is 40.7. The van der Waals surface area contributed by atoms with Crippen LogP contribution in [0, 0.1) is 5.92 Å². The maximum Gasteiger partial charge on any atom is 0.223 e. The molecule has 0 aliphatic carbocycles. The molecule has 0 fully saturated rings. The van der Waals surface area contributed by atoms with Crippen molar-refractivity contribution in [3.8, 4) is 0 Å². The largest absolute Gasteiger partial charge is 0.370 e. The molecule has 0 saturated carbocycles. The molecule has 0 aromatic rings. The number of hydrogen-bond donors (Lipinski definition) is 3. The van der Waals surface area contributed by atoms with E-state index in [2.05, 4.69) is 24.2 Å². The first-order chi connectivity index (χ1) is 23.0. The number of nitrogens with two attached hydrogens (primary N) is 2. The van der Waals surface area contributed by atoms with Crippen molar-refractivity contribution in [2.75, 3.05) is 13.1 Å². The third-order valence-corrected chi connectivity index (χ3v) is 9.74. The first-order valence-corrected chi connectivity index (χ1v) is 20.9. The van der Waals surface area contributed by atoms with Crippen molar-refractivity contribution in [2.24, 2.45) is 22.4 Å². The van der Waals surface area contributed by atoms with Crippen LogP contribution in [0.15, 0.2) is 4.99 Å². The van der Waals surface area contributed by atoms with E-state index in [9.17, 15) is 9.59 Å². The molecular weight excluding hydrogens is 580 g/mol. The lowest BCUT2D eigenvalue weighted by molar-refractivity contribution is -0.129. The van der Waals surface area contributed by atoms with Gasteiger partial charge in [0.05, 0.1) is 0 Å². The Labute approximate surface area is 293 Å². The fourth-order valence-electron chi connectivity index (χ4n) is 6.62. The van der Waals surface area contributed by atoms with Crippen molar-refractivity contribution >= 4 is 17.6 Å². The number of nitrogens with one attached hydrogen (secondary N) is 1. The van der Waals surface area contributed by atoms with Crippen LogP contribution in [0.25, 0.3) is 0 Å². The summed E-state index contributed by atoms with van der Waals surface area (Å²) in [7, 11) is 0. The molecule has 0 bridgehead atoms. The first kappa shape index (κ1) is 45.4. The number of hydrogen-bond acceptors (Lipinski definition) is 3. The molecule has 1 amide bonds. The van der Waals surface area contributed by atoms with Crippen molar-refractivity contribution < 1.29 is 9.59 Å². The Hall–Kier alpha value is -1.59. The maximum atomic E-state index is 13.0. The SMILES string of the molecule is CCCCCCCCCCCCCCCCCCCCCC(=O)C[C@@H](CCCN=C(N)N)C(=O)NCCCCCCCCCCCC. The van der Waals surface area contributed by atoms with Crippen LogP contribution in [0.5, 0.6) is 0 Å². The maximum absolute atomic E-state index is 13.0. The Morgan fingerprint density at radius 3 is 1.26 bits per heavy atom. The van der Waals surface area contributed by atoms with Gasteiger partial charge in [-0.3, -0.25) is 14.6 Å². The van der Waals surface area contributed by atoms with E-state index in [1.54, 1.807) is 0 Å². The molecule has 0 aliphatic rings. The summed E-state index contributed by atoms with van der Waals surface area (Å²) in [6, 6.07) is 0. The normalized spacial score (nSPS) is 11.9. The highest BCUT2D eigenvalue weighted by Crippen LogP contribution is 2.18. The average Bonchev–Trinajstić information content (AvgIpc) is 3.05. The second-order valence-corrected chi connectivity index (χ2v) is 14.5. The second kappa shape index (κ2) is 37.2. The van der Waals surface area contributed by atoms with Crippen LogP contribution in [-0.4, -0.2) is 30.7 Å². The molecule has 0 radical (unpaired) electrons. The van der Waals surface area contributed by atoms with Crippen LogP contribution in [0.4, 0.5) is 0 Å². The van der Waals surface area contributed by atoms with E-state index >= 15 is 0 Å². The van der Waals surface area contributed by atoms with E-state index < -0.39 is 0 Å². The Kier molecular flexibility index (Phi) is 36.0.